The summed E-state index contributed by atoms with van der Waals surface area (Å²) in [7, 11) is 2.91. The fourth-order valence-electron chi connectivity index (χ4n) is 1.36. The molecule has 6 heteroatoms. The Labute approximate surface area is 91.8 Å². The third kappa shape index (κ3) is 1.87. The van der Waals surface area contributed by atoms with Gasteiger partial charge in [0.15, 0.2) is 11.5 Å². The molecule has 0 amide bonds. The Morgan fingerprint density at radius 2 is 2.25 bits per heavy atom. The highest BCUT2D eigenvalue weighted by Crippen LogP contribution is 2.06. The lowest BCUT2D eigenvalue weighted by Crippen LogP contribution is -2.03. The van der Waals surface area contributed by atoms with Crippen LogP contribution in [0.2, 0.25) is 0 Å². The Bertz CT molecular complexity index is 521. The first-order valence-corrected chi connectivity index (χ1v) is 4.67. The molecule has 0 spiro atoms. The van der Waals surface area contributed by atoms with Crippen LogP contribution in [-0.4, -0.2) is 34.8 Å². The molecule has 0 bridgehead atoms. The van der Waals surface area contributed by atoms with Crippen molar-refractivity contribution in [2.75, 3.05) is 14.2 Å². The smallest absolute Gasteiger partial charge is 0.339 e. The highest BCUT2D eigenvalue weighted by atomic mass is 16.5. The van der Waals surface area contributed by atoms with Gasteiger partial charge in [-0.2, -0.15) is 0 Å². The van der Waals surface area contributed by atoms with Crippen molar-refractivity contribution in [1.29, 1.82) is 0 Å². The van der Waals surface area contributed by atoms with Gasteiger partial charge in [-0.3, -0.25) is 0 Å². The molecule has 0 atom stereocenters. The number of methoxy groups -OCH3 is 2. The topological polar surface area (TPSA) is 65.7 Å². The molecule has 0 unspecified atom stereocenters. The number of ether oxygens (including phenoxy) is 2. The monoisotopic (exact) mass is 221 g/mol. The van der Waals surface area contributed by atoms with Gasteiger partial charge in [0.2, 0.25) is 0 Å². The van der Waals surface area contributed by atoms with Gasteiger partial charge in [0.05, 0.1) is 12.7 Å². The maximum absolute atomic E-state index is 11.3. The molecule has 2 rings (SSSR count). The number of hydrogen-bond donors (Lipinski definition) is 0. The molecule has 84 valence electrons. The predicted molar refractivity (Wildman–Crippen MR) is 55.0 cm³/mol. The molecule has 0 aliphatic rings. The fraction of sp³-hybridized carbons (Fsp3) is 0.300. The Kier molecular flexibility index (Phi) is 2.82. The molecule has 2 aromatic heterocycles. The molecule has 0 aliphatic heterocycles. The molecule has 6 nitrogen and oxygen atoms in total. The zero-order valence-corrected chi connectivity index (χ0v) is 9.01. The van der Waals surface area contributed by atoms with E-state index >= 15 is 0 Å². The molecular weight excluding hydrogens is 210 g/mol. The van der Waals surface area contributed by atoms with E-state index in [0.29, 0.717) is 23.6 Å². The quantitative estimate of drug-likeness (QED) is 0.712. The minimum Gasteiger partial charge on any atom is -0.465 e. The highest BCUT2D eigenvalue weighted by Gasteiger charge is 2.08. The summed E-state index contributed by atoms with van der Waals surface area (Å²) in [6, 6.07) is 3.35. The van der Waals surface area contributed by atoms with Crippen LogP contribution >= 0.6 is 0 Å². The summed E-state index contributed by atoms with van der Waals surface area (Å²) in [5.74, 6) is 0.176. The lowest BCUT2D eigenvalue weighted by Gasteiger charge is -1.98. The maximum atomic E-state index is 11.3. The van der Waals surface area contributed by atoms with Crippen LogP contribution in [-0.2, 0) is 16.1 Å². The molecule has 0 aromatic carbocycles. The van der Waals surface area contributed by atoms with Crippen molar-refractivity contribution in [3.05, 3.63) is 29.7 Å². The van der Waals surface area contributed by atoms with E-state index in [9.17, 15) is 4.79 Å². The highest BCUT2D eigenvalue weighted by molar-refractivity contribution is 5.89. The van der Waals surface area contributed by atoms with Crippen LogP contribution in [0.3, 0.4) is 0 Å². The first-order chi connectivity index (χ1) is 7.74. The predicted octanol–water partition coefficient (Wildman–Crippen LogP) is 0.662. The zero-order chi connectivity index (χ0) is 11.5. The molecule has 0 radical (unpaired) electrons. The number of pyridine rings is 1. The van der Waals surface area contributed by atoms with Gasteiger partial charge in [0.1, 0.15) is 6.61 Å². The number of aromatic nitrogens is 3. The molecule has 0 saturated heterocycles. The Balaban J connectivity index is 2.41. The number of nitrogens with zero attached hydrogens (tertiary/aromatic N) is 3. The van der Waals surface area contributed by atoms with E-state index < -0.39 is 5.97 Å². The van der Waals surface area contributed by atoms with Gasteiger partial charge in [0, 0.05) is 13.3 Å². The second-order valence-corrected chi connectivity index (χ2v) is 3.17. The summed E-state index contributed by atoms with van der Waals surface area (Å²) in [5, 5.41) is 4.15. The van der Waals surface area contributed by atoms with E-state index in [1.807, 2.05) is 0 Å². The Morgan fingerprint density at radius 1 is 1.44 bits per heavy atom. The van der Waals surface area contributed by atoms with Crippen LogP contribution in [0.5, 0.6) is 0 Å². The number of hydrogen-bond acceptors (Lipinski definition) is 5. The Morgan fingerprint density at radius 3 is 2.94 bits per heavy atom. The molecule has 2 aromatic rings. The van der Waals surface area contributed by atoms with Crippen molar-refractivity contribution in [3.63, 3.8) is 0 Å². The van der Waals surface area contributed by atoms with Crippen LogP contribution in [0, 0.1) is 0 Å². The molecule has 0 N–H and O–H groups in total. The van der Waals surface area contributed by atoms with Crippen molar-refractivity contribution in [1.82, 2.24) is 14.6 Å². The van der Waals surface area contributed by atoms with Gasteiger partial charge in [0.25, 0.3) is 0 Å². The fourth-order valence-corrected chi connectivity index (χ4v) is 1.36. The van der Waals surface area contributed by atoms with Crippen LogP contribution < -0.4 is 0 Å². The van der Waals surface area contributed by atoms with Crippen molar-refractivity contribution < 1.29 is 14.3 Å². The third-order valence-electron chi connectivity index (χ3n) is 2.07. The van der Waals surface area contributed by atoms with E-state index in [1.54, 1.807) is 25.4 Å². The van der Waals surface area contributed by atoms with E-state index in [2.05, 4.69) is 14.8 Å². The van der Waals surface area contributed by atoms with Crippen molar-refractivity contribution >= 4 is 11.6 Å². The first-order valence-electron chi connectivity index (χ1n) is 4.67. The van der Waals surface area contributed by atoms with Crippen molar-refractivity contribution in [2.24, 2.45) is 0 Å². The SMILES string of the molecule is COCc1nc2ccc(C(=O)OC)cn2n1. The second-order valence-electron chi connectivity index (χ2n) is 3.17. The summed E-state index contributed by atoms with van der Waals surface area (Å²) in [6.45, 7) is 0.342. The van der Waals surface area contributed by atoms with E-state index in [-0.39, 0.29) is 0 Å². The minimum absolute atomic E-state index is 0.342. The summed E-state index contributed by atoms with van der Waals surface area (Å²) >= 11 is 0. The standard InChI is InChI=1S/C10H11N3O3/c1-15-6-8-11-9-4-3-7(10(14)16-2)5-13(9)12-8/h3-5H,6H2,1-2H3. The van der Waals surface area contributed by atoms with Gasteiger partial charge >= 0.3 is 5.97 Å². The number of carbonyl (C=O) groups is 1. The van der Waals surface area contributed by atoms with E-state index in [4.69, 9.17) is 4.74 Å². The van der Waals surface area contributed by atoms with Gasteiger partial charge in [-0.05, 0) is 12.1 Å². The zero-order valence-electron chi connectivity index (χ0n) is 9.01. The number of rotatable bonds is 3. The van der Waals surface area contributed by atoms with Crippen LogP contribution in [0.25, 0.3) is 5.65 Å². The average molecular weight is 221 g/mol. The molecule has 0 fully saturated rings. The summed E-state index contributed by atoms with van der Waals surface area (Å²) in [6.07, 6.45) is 1.58. The largest absolute Gasteiger partial charge is 0.465 e. The molecule has 0 aliphatic carbocycles. The summed E-state index contributed by atoms with van der Waals surface area (Å²) in [4.78, 5) is 15.5. The maximum Gasteiger partial charge on any atom is 0.339 e. The van der Waals surface area contributed by atoms with Gasteiger partial charge in [-0.15, -0.1) is 5.10 Å². The van der Waals surface area contributed by atoms with E-state index in [0.717, 1.165) is 0 Å². The van der Waals surface area contributed by atoms with Gasteiger partial charge in [-0.1, -0.05) is 0 Å². The van der Waals surface area contributed by atoms with Crippen LogP contribution in [0.4, 0.5) is 0 Å². The van der Waals surface area contributed by atoms with Gasteiger partial charge in [-0.25, -0.2) is 14.3 Å². The number of esters is 1. The van der Waals surface area contributed by atoms with Gasteiger partial charge < -0.3 is 9.47 Å². The van der Waals surface area contributed by atoms with Crippen LogP contribution in [0.1, 0.15) is 16.2 Å². The minimum atomic E-state index is -0.398. The first kappa shape index (κ1) is 10.6. The van der Waals surface area contributed by atoms with Crippen LogP contribution in [0.15, 0.2) is 18.3 Å². The molecule has 0 saturated carbocycles. The van der Waals surface area contributed by atoms with Crippen molar-refractivity contribution in [3.8, 4) is 0 Å². The second kappa shape index (κ2) is 4.28. The lowest BCUT2D eigenvalue weighted by atomic mass is 10.3. The number of fused-ring (bicyclic) bond motifs is 1. The third-order valence-corrected chi connectivity index (χ3v) is 2.07. The normalized spacial score (nSPS) is 10.6. The van der Waals surface area contributed by atoms with Crippen molar-refractivity contribution in [2.45, 2.75) is 6.61 Å². The summed E-state index contributed by atoms with van der Waals surface area (Å²) in [5.41, 5.74) is 1.10. The molecular formula is C10H11N3O3. The average Bonchev–Trinajstić information content (AvgIpc) is 2.69. The number of carbonyl (C=O) groups excluding carboxylic acids is 1. The molecule has 16 heavy (non-hydrogen) atoms. The lowest BCUT2D eigenvalue weighted by molar-refractivity contribution is 0.0600. The molecule has 2 heterocycles. The Hall–Kier alpha value is -1.95. The summed E-state index contributed by atoms with van der Waals surface area (Å²) < 4.78 is 11.1. The van der Waals surface area contributed by atoms with E-state index in [1.165, 1.54) is 11.6 Å².